The Morgan fingerprint density at radius 2 is 1.75 bits per heavy atom. The van der Waals surface area contributed by atoms with E-state index in [1.165, 1.54) is 4.90 Å². The molecule has 9 heteroatoms. The third kappa shape index (κ3) is 5.95. The van der Waals surface area contributed by atoms with Gasteiger partial charge in [-0.25, -0.2) is 0 Å². The number of aliphatic hydroxyl groups excluding tert-OH is 1. The van der Waals surface area contributed by atoms with Crippen LogP contribution in [0.4, 0.5) is 17.1 Å². The Hall–Kier alpha value is -4.18. The van der Waals surface area contributed by atoms with Crippen LogP contribution in [0.3, 0.4) is 0 Å². The van der Waals surface area contributed by atoms with Gasteiger partial charge in [0, 0.05) is 11.4 Å². The lowest BCUT2D eigenvalue weighted by atomic mass is 9.58. The van der Waals surface area contributed by atoms with Crippen molar-refractivity contribution in [2.24, 2.45) is 17.8 Å². The van der Waals surface area contributed by atoms with Crippen molar-refractivity contribution >= 4 is 42.1 Å². The van der Waals surface area contributed by atoms with E-state index < -0.39 is 31.0 Å². The van der Waals surface area contributed by atoms with Crippen molar-refractivity contribution in [3.05, 3.63) is 101 Å². The molecule has 226 valence electrons. The lowest BCUT2D eigenvalue weighted by Crippen LogP contribution is -2.46. The highest BCUT2D eigenvalue weighted by Crippen LogP contribution is 2.51. The van der Waals surface area contributed by atoms with Gasteiger partial charge in [-0.05, 0) is 103 Å². The highest BCUT2D eigenvalue weighted by molar-refractivity contribution is 6.43. The van der Waals surface area contributed by atoms with Crippen LogP contribution >= 0.6 is 0 Å². The first-order valence-corrected chi connectivity index (χ1v) is 15.3. The summed E-state index contributed by atoms with van der Waals surface area (Å²) in [7, 11) is -1.08. The molecule has 2 fully saturated rings. The Morgan fingerprint density at radius 1 is 1.00 bits per heavy atom. The Kier molecular flexibility index (Phi) is 8.71. The van der Waals surface area contributed by atoms with E-state index in [-0.39, 0.29) is 36.9 Å². The summed E-state index contributed by atoms with van der Waals surface area (Å²) in [5.41, 5.74) is 5.92. The third-order valence-electron chi connectivity index (χ3n) is 9.11. The van der Waals surface area contributed by atoms with Gasteiger partial charge < -0.3 is 25.2 Å². The van der Waals surface area contributed by atoms with Gasteiger partial charge in [0.15, 0.2) is 0 Å². The number of amides is 2. The molecule has 3 aromatic rings. The number of para-hydroxylation sites is 1. The van der Waals surface area contributed by atoms with Crippen molar-refractivity contribution in [3.63, 3.8) is 0 Å². The minimum Gasteiger partial charge on any atom is -0.508 e. The summed E-state index contributed by atoms with van der Waals surface area (Å²) >= 11 is 0. The van der Waals surface area contributed by atoms with Crippen molar-refractivity contribution < 1.29 is 29.5 Å². The summed E-state index contributed by atoms with van der Waals surface area (Å²) in [6.07, 6.45) is 4.09. The molecule has 0 aromatic heterocycles. The standard InChI is InChI=1S/C35H37BN2O6/c1-2-22(17-23-7-6-10-28(40)18-23)11-16-31-32-24(21-39)19-29-33(30(32)20-36(43)44-31)35(42)38(34(29)41)27-14-12-26(13-15-27)37-25-8-4-3-5-9-25/h3-10,12-15,17-18,29-31,33,37,39-40,43H,2,11,16,19-21H2,1H3/b22-17+/t29-,30+,31-,33-/m1/s1. The second kappa shape index (κ2) is 12.8. The molecule has 0 unspecified atom stereocenters. The quantitative estimate of drug-likeness (QED) is 0.143. The lowest BCUT2D eigenvalue weighted by molar-refractivity contribution is -0.122. The highest BCUT2D eigenvalue weighted by atomic mass is 16.5. The number of nitrogens with zero attached hydrogens (tertiary/aromatic N) is 1. The molecular weight excluding hydrogens is 555 g/mol. The van der Waals surface area contributed by atoms with Gasteiger partial charge in [-0.3, -0.25) is 14.5 Å². The molecule has 8 nitrogen and oxygen atoms in total. The zero-order chi connectivity index (χ0) is 30.8. The van der Waals surface area contributed by atoms with Crippen LogP contribution < -0.4 is 10.2 Å². The molecule has 44 heavy (non-hydrogen) atoms. The maximum absolute atomic E-state index is 14.0. The van der Waals surface area contributed by atoms with Crippen molar-refractivity contribution in [2.75, 3.05) is 16.8 Å². The van der Waals surface area contributed by atoms with Gasteiger partial charge in [-0.2, -0.15) is 0 Å². The van der Waals surface area contributed by atoms with Crippen LogP contribution in [0.15, 0.2) is 95.6 Å². The Bertz CT molecular complexity index is 1590. The van der Waals surface area contributed by atoms with Crippen molar-refractivity contribution in [3.8, 4) is 5.75 Å². The maximum atomic E-state index is 14.0. The zero-order valence-electron chi connectivity index (χ0n) is 24.7. The number of anilines is 3. The van der Waals surface area contributed by atoms with Crippen LogP contribution in [0.2, 0.25) is 6.32 Å². The number of hydrogen-bond acceptors (Lipinski definition) is 7. The first kappa shape index (κ1) is 29.9. The molecule has 6 rings (SSSR count). The zero-order valence-corrected chi connectivity index (χ0v) is 24.7. The Labute approximate surface area is 257 Å². The molecule has 2 aliphatic heterocycles. The summed E-state index contributed by atoms with van der Waals surface area (Å²) in [6, 6.07) is 24.0. The van der Waals surface area contributed by atoms with Crippen LogP contribution in [0.1, 0.15) is 38.2 Å². The van der Waals surface area contributed by atoms with Crippen molar-refractivity contribution in [2.45, 2.75) is 45.0 Å². The molecule has 2 heterocycles. The molecule has 3 aromatic carbocycles. The number of allylic oxidation sites excluding steroid dienone is 1. The summed E-state index contributed by atoms with van der Waals surface area (Å²) in [5.74, 6) is -1.95. The molecule has 0 spiro atoms. The Balaban J connectivity index is 1.22. The molecule has 0 bridgehead atoms. The summed E-state index contributed by atoms with van der Waals surface area (Å²) in [6.45, 7) is 1.84. The second-order valence-corrected chi connectivity index (χ2v) is 11.8. The number of hydrogen-bond donors (Lipinski definition) is 4. The number of phenols is 1. The average molecular weight is 593 g/mol. The van der Waals surface area contributed by atoms with Gasteiger partial charge in [0.2, 0.25) is 11.8 Å². The predicted octanol–water partition coefficient (Wildman–Crippen LogP) is 5.70. The molecule has 3 aliphatic rings. The summed E-state index contributed by atoms with van der Waals surface area (Å²) in [4.78, 5) is 29.0. The second-order valence-electron chi connectivity index (χ2n) is 11.8. The van der Waals surface area contributed by atoms with E-state index in [0.717, 1.165) is 40.1 Å². The fourth-order valence-electron chi connectivity index (χ4n) is 7.06. The predicted molar refractivity (Wildman–Crippen MR) is 171 cm³/mol. The van der Waals surface area contributed by atoms with Crippen LogP contribution in [0, 0.1) is 17.8 Å². The third-order valence-corrected chi connectivity index (χ3v) is 9.11. The molecule has 0 saturated carbocycles. The monoisotopic (exact) mass is 592 g/mol. The van der Waals surface area contributed by atoms with Crippen molar-refractivity contribution in [1.29, 1.82) is 0 Å². The minimum absolute atomic E-state index is 0.197. The van der Waals surface area contributed by atoms with E-state index in [1.807, 2.05) is 54.6 Å². The number of rotatable bonds is 9. The first-order chi connectivity index (χ1) is 21.4. The van der Waals surface area contributed by atoms with Gasteiger partial charge in [-0.15, -0.1) is 0 Å². The number of nitrogens with one attached hydrogen (secondary N) is 1. The van der Waals surface area contributed by atoms with Gasteiger partial charge in [0.25, 0.3) is 0 Å². The van der Waals surface area contributed by atoms with Crippen LogP contribution in [0.25, 0.3) is 6.08 Å². The molecule has 1 aliphatic carbocycles. The van der Waals surface area contributed by atoms with Crippen molar-refractivity contribution in [1.82, 2.24) is 0 Å². The topological polar surface area (TPSA) is 119 Å². The fourth-order valence-corrected chi connectivity index (χ4v) is 7.06. The summed E-state index contributed by atoms with van der Waals surface area (Å²) < 4.78 is 6.04. The lowest BCUT2D eigenvalue weighted by Gasteiger charge is -2.43. The van der Waals surface area contributed by atoms with Crippen LogP contribution in [-0.4, -0.2) is 46.9 Å². The van der Waals surface area contributed by atoms with E-state index in [4.69, 9.17) is 4.65 Å². The number of fused-ring (bicyclic) bond motifs is 3. The van der Waals surface area contributed by atoms with Gasteiger partial charge in [-0.1, -0.05) is 48.9 Å². The molecule has 4 N–H and O–H groups in total. The normalized spacial score (nSPS) is 23.6. The summed E-state index contributed by atoms with van der Waals surface area (Å²) in [5, 5.41) is 34.4. The highest BCUT2D eigenvalue weighted by Gasteiger charge is 2.57. The number of aliphatic hydroxyl groups is 1. The van der Waals surface area contributed by atoms with Crippen LogP contribution in [-0.2, 0) is 14.2 Å². The smallest absolute Gasteiger partial charge is 0.455 e. The fraction of sp³-hybridized carbons (Fsp3) is 0.314. The molecule has 0 radical (unpaired) electrons. The number of aromatic hydroxyl groups is 1. The molecule has 4 atom stereocenters. The Morgan fingerprint density at radius 3 is 2.45 bits per heavy atom. The number of carbonyl (C=O) groups excluding carboxylic acids is 2. The molecular formula is C35H37BN2O6. The maximum Gasteiger partial charge on any atom is 0.455 e. The first-order valence-electron chi connectivity index (χ1n) is 15.3. The largest absolute Gasteiger partial charge is 0.508 e. The number of benzene rings is 3. The van der Waals surface area contributed by atoms with Gasteiger partial charge in [0.05, 0.1) is 30.2 Å². The molecule has 2 saturated heterocycles. The minimum atomic E-state index is -1.08. The number of phenolic OH excluding ortho intramolecular Hbond substituents is 1. The number of imide groups is 1. The van der Waals surface area contributed by atoms with E-state index in [1.54, 1.807) is 30.3 Å². The van der Waals surface area contributed by atoms with E-state index in [0.29, 0.717) is 18.5 Å². The van der Waals surface area contributed by atoms with E-state index in [9.17, 15) is 24.8 Å². The van der Waals surface area contributed by atoms with E-state index >= 15 is 0 Å². The van der Waals surface area contributed by atoms with Gasteiger partial charge >= 0.3 is 7.12 Å². The van der Waals surface area contributed by atoms with E-state index in [2.05, 4.69) is 12.2 Å². The van der Waals surface area contributed by atoms with Gasteiger partial charge in [0.1, 0.15) is 5.75 Å². The van der Waals surface area contributed by atoms with Crippen LogP contribution in [0.5, 0.6) is 5.75 Å². The number of carbonyl (C=O) groups is 2. The average Bonchev–Trinajstić information content (AvgIpc) is 3.28. The molecule has 2 amide bonds. The SMILES string of the molecule is CC/C(=C\c1cccc(O)c1)CC[C@H]1OB(O)C[C@H]2C1=C(CO)C[C@H]1C(=O)N(c3ccc(Nc4ccccc4)cc3)C(=O)[C@H]12.